The summed E-state index contributed by atoms with van der Waals surface area (Å²) in [4.78, 5) is 8.70. The molecule has 1 aromatic rings. The maximum Gasteiger partial charge on any atom is 0.236 e. The van der Waals surface area contributed by atoms with Gasteiger partial charge in [-0.3, -0.25) is 0 Å². The van der Waals surface area contributed by atoms with Gasteiger partial charge in [-0.15, -0.1) is 0 Å². The zero-order chi connectivity index (χ0) is 16.1. The molecule has 1 aliphatic carbocycles. The fraction of sp³-hybridized carbons (Fsp3) is 0.706. The molecule has 2 fully saturated rings. The third kappa shape index (κ3) is 4.11. The zero-order valence-electron chi connectivity index (χ0n) is 13.8. The standard InChI is InChI=1S/C17H25N5O/c1-17(6-2-3-7-17)12-23-15-13(10-18)11-20-16(22-15)21-14-4-8-19-9-5-14/h11,14,19H,2-9,12H2,1H3,(H,20,21,22). The third-order valence-electron chi connectivity index (χ3n) is 4.91. The highest BCUT2D eigenvalue weighted by atomic mass is 16.5. The Morgan fingerprint density at radius 3 is 2.83 bits per heavy atom. The fourth-order valence-electron chi connectivity index (χ4n) is 3.39. The molecule has 1 aromatic heterocycles. The zero-order valence-corrected chi connectivity index (χ0v) is 13.8. The van der Waals surface area contributed by atoms with Crippen LogP contribution in [0.5, 0.6) is 5.88 Å². The Kier molecular flexibility index (Phi) is 4.97. The lowest BCUT2D eigenvalue weighted by molar-refractivity contribution is 0.162. The van der Waals surface area contributed by atoms with E-state index in [4.69, 9.17) is 4.74 Å². The number of anilines is 1. The maximum absolute atomic E-state index is 9.25. The first-order valence-electron chi connectivity index (χ1n) is 8.56. The summed E-state index contributed by atoms with van der Waals surface area (Å²) in [5, 5.41) is 15.9. The van der Waals surface area contributed by atoms with Gasteiger partial charge in [0.05, 0.1) is 12.8 Å². The molecule has 0 atom stereocenters. The molecule has 6 nitrogen and oxygen atoms in total. The van der Waals surface area contributed by atoms with E-state index in [0.717, 1.165) is 25.9 Å². The van der Waals surface area contributed by atoms with Crippen LogP contribution >= 0.6 is 0 Å². The van der Waals surface area contributed by atoms with Crippen molar-refractivity contribution in [3.05, 3.63) is 11.8 Å². The molecule has 1 saturated heterocycles. The molecule has 23 heavy (non-hydrogen) atoms. The predicted molar refractivity (Wildman–Crippen MR) is 88.3 cm³/mol. The van der Waals surface area contributed by atoms with E-state index >= 15 is 0 Å². The van der Waals surface area contributed by atoms with E-state index in [-0.39, 0.29) is 5.41 Å². The Morgan fingerprint density at radius 1 is 1.39 bits per heavy atom. The minimum absolute atomic E-state index is 0.209. The van der Waals surface area contributed by atoms with Crippen molar-refractivity contribution < 1.29 is 4.74 Å². The van der Waals surface area contributed by atoms with Crippen molar-refractivity contribution in [1.82, 2.24) is 15.3 Å². The van der Waals surface area contributed by atoms with E-state index in [9.17, 15) is 5.26 Å². The highest BCUT2D eigenvalue weighted by Gasteiger charge is 2.30. The van der Waals surface area contributed by atoms with Crippen molar-refractivity contribution in [2.45, 2.75) is 51.5 Å². The quantitative estimate of drug-likeness (QED) is 0.868. The minimum atomic E-state index is 0.209. The van der Waals surface area contributed by atoms with Crippen LogP contribution < -0.4 is 15.4 Å². The van der Waals surface area contributed by atoms with Gasteiger partial charge in [-0.05, 0) is 38.8 Å². The highest BCUT2D eigenvalue weighted by Crippen LogP contribution is 2.37. The van der Waals surface area contributed by atoms with Crippen molar-refractivity contribution in [2.75, 3.05) is 25.0 Å². The molecule has 124 valence electrons. The number of rotatable bonds is 5. The van der Waals surface area contributed by atoms with Crippen LogP contribution in [0.15, 0.2) is 6.20 Å². The molecular formula is C17H25N5O. The summed E-state index contributed by atoms with van der Waals surface area (Å²) < 4.78 is 5.92. The van der Waals surface area contributed by atoms with Gasteiger partial charge in [-0.1, -0.05) is 19.8 Å². The minimum Gasteiger partial charge on any atom is -0.476 e. The lowest BCUT2D eigenvalue weighted by Gasteiger charge is -2.25. The molecule has 2 N–H and O–H groups in total. The van der Waals surface area contributed by atoms with Crippen molar-refractivity contribution in [1.29, 1.82) is 5.26 Å². The molecule has 1 aliphatic heterocycles. The van der Waals surface area contributed by atoms with E-state index in [1.165, 1.54) is 25.7 Å². The molecule has 0 bridgehead atoms. The highest BCUT2D eigenvalue weighted by molar-refractivity contribution is 5.41. The Labute approximate surface area is 137 Å². The second kappa shape index (κ2) is 7.14. The first-order chi connectivity index (χ1) is 11.2. The fourth-order valence-corrected chi connectivity index (χ4v) is 3.39. The van der Waals surface area contributed by atoms with Crippen LogP contribution in [-0.2, 0) is 0 Å². The molecule has 6 heteroatoms. The van der Waals surface area contributed by atoms with E-state index in [1.54, 1.807) is 6.20 Å². The summed E-state index contributed by atoms with van der Waals surface area (Å²) in [5.74, 6) is 0.967. The Balaban J connectivity index is 1.67. The molecule has 2 heterocycles. The van der Waals surface area contributed by atoms with Gasteiger partial charge in [0.15, 0.2) is 0 Å². The average molecular weight is 315 g/mol. The van der Waals surface area contributed by atoms with Gasteiger partial charge in [0.1, 0.15) is 11.6 Å². The number of nitriles is 1. The Hall–Kier alpha value is -1.87. The predicted octanol–water partition coefficient (Wildman–Crippen LogP) is 2.47. The van der Waals surface area contributed by atoms with Crippen LogP contribution in [0.4, 0.5) is 5.95 Å². The van der Waals surface area contributed by atoms with Gasteiger partial charge in [-0.2, -0.15) is 10.2 Å². The van der Waals surface area contributed by atoms with Gasteiger partial charge in [0, 0.05) is 11.5 Å². The number of nitrogens with zero attached hydrogens (tertiary/aromatic N) is 3. The van der Waals surface area contributed by atoms with Crippen LogP contribution in [0.3, 0.4) is 0 Å². The number of hydrogen-bond acceptors (Lipinski definition) is 6. The summed E-state index contributed by atoms with van der Waals surface area (Å²) in [6, 6.07) is 2.51. The van der Waals surface area contributed by atoms with E-state index < -0.39 is 0 Å². The summed E-state index contributed by atoms with van der Waals surface area (Å²) in [6.45, 7) is 4.89. The van der Waals surface area contributed by atoms with E-state index in [2.05, 4.69) is 33.6 Å². The van der Waals surface area contributed by atoms with Crippen LogP contribution in [0.25, 0.3) is 0 Å². The van der Waals surface area contributed by atoms with Gasteiger partial charge in [0.25, 0.3) is 0 Å². The normalized spacial score (nSPS) is 20.9. The van der Waals surface area contributed by atoms with Crippen LogP contribution in [0, 0.1) is 16.7 Å². The molecule has 2 aliphatic rings. The number of nitrogens with one attached hydrogen (secondary N) is 2. The number of ether oxygens (including phenoxy) is 1. The summed E-state index contributed by atoms with van der Waals surface area (Å²) in [6.07, 6.45) is 8.55. The molecule has 0 aromatic carbocycles. The Bertz CT molecular complexity index is 571. The SMILES string of the molecule is CC1(COc2nc(NC3CCNCC3)ncc2C#N)CCCC1. The summed E-state index contributed by atoms with van der Waals surface area (Å²) >= 11 is 0. The Morgan fingerprint density at radius 2 is 2.13 bits per heavy atom. The number of hydrogen-bond donors (Lipinski definition) is 2. The van der Waals surface area contributed by atoms with Crippen LogP contribution in [-0.4, -0.2) is 35.7 Å². The molecule has 0 amide bonds. The first kappa shape index (κ1) is 16.0. The van der Waals surface area contributed by atoms with Crippen molar-refractivity contribution in [3.63, 3.8) is 0 Å². The summed E-state index contributed by atoms with van der Waals surface area (Å²) in [5.41, 5.74) is 0.614. The summed E-state index contributed by atoms with van der Waals surface area (Å²) in [7, 11) is 0. The average Bonchev–Trinajstić information content (AvgIpc) is 3.01. The van der Waals surface area contributed by atoms with Crippen molar-refractivity contribution >= 4 is 5.95 Å². The van der Waals surface area contributed by atoms with Gasteiger partial charge < -0.3 is 15.4 Å². The smallest absolute Gasteiger partial charge is 0.236 e. The molecule has 3 rings (SSSR count). The lowest BCUT2D eigenvalue weighted by atomic mass is 9.90. The van der Waals surface area contributed by atoms with Crippen LogP contribution in [0.1, 0.15) is 51.0 Å². The van der Waals surface area contributed by atoms with Crippen LogP contribution in [0.2, 0.25) is 0 Å². The van der Waals surface area contributed by atoms with Gasteiger partial charge >= 0.3 is 0 Å². The van der Waals surface area contributed by atoms with E-state index in [1.807, 2.05) is 0 Å². The molecule has 0 unspecified atom stereocenters. The molecule has 0 spiro atoms. The molecular weight excluding hydrogens is 290 g/mol. The topological polar surface area (TPSA) is 82.9 Å². The first-order valence-corrected chi connectivity index (χ1v) is 8.56. The van der Waals surface area contributed by atoms with Crippen molar-refractivity contribution in [2.24, 2.45) is 5.41 Å². The van der Waals surface area contributed by atoms with Gasteiger partial charge in [-0.25, -0.2) is 4.98 Å². The monoisotopic (exact) mass is 315 g/mol. The van der Waals surface area contributed by atoms with Gasteiger partial charge in [0.2, 0.25) is 11.8 Å². The second-order valence-corrected chi connectivity index (χ2v) is 7.00. The third-order valence-corrected chi connectivity index (χ3v) is 4.91. The lowest BCUT2D eigenvalue weighted by Crippen LogP contribution is -2.35. The number of aromatic nitrogens is 2. The maximum atomic E-state index is 9.25. The largest absolute Gasteiger partial charge is 0.476 e. The molecule has 1 saturated carbocycles. The van der Waals surface area contributed by atoms with Crippen molar-refractivity contribution in [3.8, 4) is 11.9 Å². The molecule has 0 radical (unpaired) electrons. The van der Waals surface area contributed by atoms with E-state index in [0.29, 0.717) is 30.0 Å². The second-order valence-electron chi connectivity index (χ2n) is 7.00. The number of piperidine rings is 1.